The maximum atomic E-state index is 4.08. The Morgan fingerprint density at radius 1 is 1.07 bits per heavy atom. The molecular weight excluding hydrogens is 182 g/mol. The minimum absolute atomic E-state index is 0.743. The van der Waals surface area contributed by atoms with E-state index in [-0.39, 0.29) is 0 Å². The largest absolute Gasteiger partial charge is 0.316 e. The van der Waals surface area contributed by atoms with E-state index in [1.54, 1.807) is 0 Å². The molecule has 0 rings (SSSR count). The van der Waals surface area contributed by atoms with Crippen LogP contribution in [0, 0.1) is 17.8 Å². The van der Waals surface area contributed by atoms with Crippen molar-refractivity contribution in [3.05, 3.63) is 12.2 Å². The van der Waals surface area contributed by atoms with Crippen LogP contribution >= 0.6 is 0 Å². The molecule has 2 unspecified atom stereocenters. The van der Waals surface area contributed by atoms with Gasteiger partial charge in [0.05, 0.1) is 0 Å². The molecule has 0 aliphatic rings. The van der Waals surface area contributed by atoms with Gasteiger partial charge in [0.1, 0.15) is 0 Å². The zero-order valence-electron chi connectivity index (χ0n) is 11.3. The normalized spacial score (nSPS) is 15.3. The van der Waals surface area contributed by atoms with Crippen molar-refractivity contribution < 1.29 is 0 Å². The molecule has 2 atom stereocenters. The Labute approximate surface area is 96.3 Å². The third-order valence-corrected chi connectivity index (χ3v) is 3.10. The fourth-order valence-electron chi connectivity index (χ4n) is 1.60. The molecule has 1 N–H and O–H groups in total. The van der Waals surface area contributed by atoms with Gasteiger partial charge in [0.25, 0.3) is 0 Å². The highest BCUT2D eigenvalue weighted by molar-refractivity contribution is 4.94. The van der Waals surface area contributed by atoms with Crippen molar-refractivity contribution in [3.8, 4) is 0 Å². The molecule has 0 aliphatic heterocycles. The lowest BCUT2D eigenvalue weighted by molar-refractivity contribution is 0.355. The van der Waals surface area contributed by atoms with Gasteiger partial charge in [0, 0.05) is 0 Å². The quantitative estimate of drug-likeness (QED) is 0.601. The molecule has 0 aromatic rings. The van der Waals surface area contributed by atoms with Crippen molar-refractivity contribution in [2.24, 2.45) is 17.8 Å². The molecule has 0 aliphatic carbocycles. The van der Waals surface area contributed by atoms with Gasteiger partial charge in [0.15, 0.2) is 0 Å². The Bertz CT molecular complexity index is 172. The van der Waals surface area contributed by atoms with Crippen molar-refractivity contribution in [3.63, 3.8) is 0 Å². The van der Waals surface area contributed by atoms with Gasteiger partial charge in [-0.3, -0.25) is 0 Å². The SMILES string of the molecule is C=C(CC)CC(C)C(C)CNCC(C)C. The predicted octanol–water partition coefficient (Wildman–Crippen LogP) is 3.86. The van der Waals surface area contributed by atoms with Crippen LogP contribution in [0.25, 0.3) is 0 Å². The first-order valence-electron chi connectivity index (χ1n) is 6.34. The average Bonchev–Trinajstić information content (AvgIpc) is 2.16. The number of allylic oxidation sites excluding steroid dienone is 1. The fourth-order valence-corrected chi connectivity index (χ4v) is 1.60. The van der Waals surface area contributed by atoms with Crippen LogP contribution in [0.1, 0.15) is 47.5 Å². The first kappa shape index (κ1) is 14.7. The van der Waals surface area contributed by atoms with Gasteiger partial charge in [0.2, 0.25) is 0 Å². The van der Waals surface area contributed by atoms with Crippen molar-refractivity contribution in [2.75, 3.05) is 13.1 Å². The van der Waals surface area contributed by atoms with Crippen molar-refractivity contribution in [1.29, 1.82) is 0 Å². The van der Waals surface area contributed by atoms with Crippen LogP contribution in [0.2, 0.25) is 0 Å². The summed E-state index contributed by atoms with van der Waals surface area (Å²) >= 11 is 0. The van der Waals surface area contributed by atoms with E-state index in [4.69, 9.17) is 0 Å². The van der Waals surface area contributed by atoms with E-state index in [1.165, 1.54) is 12.0 Å². The van der Waals surface area contributed by atoms with Crippen LogP contribution in [0.15, 0.2) is 12.2 Å². The lowest BCUT2D eigenvalue weighted by Gasteiger charge is -2.21. The Kier molecular flexibility index (Phi) is 7.76. The Hall–Kier alpha value is -0.300. The summed E-state index contributed by atoms with van der Waals surface area (Å²) in [7, 11) is 0. The average molecular weight is 211 g/mol. The predicted molar refractivity (Wildman–Crippen MR) is 70.1 cm³/mol. The Balaban J connectivity index is 3.68. The molecule has 0 saturated carbocycles. The smallest absolute Gasteiger partial charge is 0.00204 e. The van der Waals surface area contributed by atoms with Crippen LogP contribution in [0.5, 0.6) is 0 Å². The van der Waals surface area contributed by atoms with Gasteiger partial charge in [-0.15, -0.1) is 0 Å². The van der Waals surface area contributed by atoms with E-state index in [2.05, 4.69) is 46.5 Å². The third-order valence-electron chi connectivity index (χ3n) is 3.10. The molecule has 1 nitrogen and oxygen atoms in total. The van der Waals surface area contributed by atoms with E-state index < -0.39 is 0 Å². The molecule has 1 heteroatoms. The summed E-state index contributed by atoms with van der Waals surface area (Å²) in [6, 6.07) is 0. The zero-order valence-corrected chi connectivity index (χ0v) is 11.3. The monoisotopic (exact) mass is 211 g/mol. The molecule has 0 radical (unpaired) electrons. The van der Waals surface area contributed by atoms with E-state index >= 15 is 0 Å². The molecule has 15 heavy (non-hydrogen) atoms. The Morgan fingerprint density at radius 2 is 1.67 bits per heavy atom. The molecule has 90 valence electrons. The molecule has 0 heterocycles. The van der Waals surface area contributed by atoms with Crippen molar-refractivity contribution >= 4 is 0 Å². The summed E-state index contributed by atoms with van der Waals surface area (Å²) in [5, 5.41) is 3.53. The highest BCUT2D eigenvalue weighted by Gasteiger charge is 2.12. The zero-order chi connectivity index (χ0) is 11.8. The van der Waals surface area contributed by atoms with Gasteiger partial charge in [-0.2, -0.15) is 0 Å². The summed E-state index contributed by atoms with van der Waals surface area (Å²) in [4.78, 5) is 0. The maximum Gasteiger partial charge on any atom is -0.00204 e. The number of rotatable bonds is 8. The third kappa shape index (κ3) is 7.61. The van der Waals surface area contributed by atoms with Crippen LogP contribution in [0.3, 0.4) is 0 Å². The molecule has 0 aromatic carbocycles. The standard InChI is InChI=1S/C14H29N/c1-7-12(4)8-13(5)14(6)10-15-9-11(2)3/h11,13-15H,4,7-10H2,1-3,5-6H3. The first-order valence-corrected chi connectivity index (χ1v) is 6.34. The second kappa shape index (κ2) is 7.92. The van der Waals surface area contributed by atoms with Crippen molar-refractivity contribution in [1.82, 2.24) is 5.32 Å². The van der Waals surface area contributed by atoms with Crippen molar-refractivity contribution in [2.45, 2.75) is 47.5 Å². The van der Waals surface area contributed by atoms with E-state index in [0.29, 0.717) is 0 Å². The molecule has 0 saturated heterocycles. The minimum Gasteiger partial charge on any atom is -0.316 e. The lowest BCUT2D eigenvalue weighted by Crippen LogP contribution is -2.28. The topological polar surface area (TPSA) is 12.0 Å². The molecule has 0 amide bonds. The summed E-state index contributed by atoms with van der Waals surface area (Å²) in [5.74, 6) is 2.24. The molecule has 0 fully saturated rings. The van der Waals surface area contributed by atoms with E-state index in [1.807, 2.05) is 0 Å². The molecule has 0 aromatic heterocycles. The van der Waals surface area contributed by atoms with Crippen LogP contribution in [-0.2, 0) is 0 Å². The second-order valence-electron chi connectivity index (χ2n) is 5.31. The van der Waals surface area contributed by atoms with Gasteiger partial charge >= 0.3 is 0 Å². The molecule has 0 bridgehead atoms. The fraction of sp³-hybridized carbons (Fsp3) is 0.857. The van der Waals surface area contributed by atoms with Gasteiger partial charge < -0.3 is 5.32 Å². The molecular formula is C14H29N. The van der Waals surface area contributed by atoms with Crippen LogP contribution in [-0.4, -0.2) is 13.1 Å². The number of nitrogens with one attached hydrogen (secondary N) is 1. The second-order valence-corrected chi connectivity index (χ2v) is 5.31. The van der Waals surface area contributed by atoms with E-state index in [9.17, 15) is 0 Å². The molecule has 0 spiro atoms. The maximum absolute atomic E-state index is 4.08. The lowest BCUT2D eigenvalue weighted by atomic mass is 9.89. The summed E-state index contributed by atoms with van der Waals surface area (Å²) in [6.45, 7) is 17.7. The van der Waals surface area contributed by atoms with Gasteiger partial charge in [-0.25, -0.2) is 0 Å². The minimum atomic E-state index is 0.743. The number of hydrogen-bond acceptors (Lipinski definition) is 1. The summed E-state index contributed by atoms with van der Waals surface area (Å²) in [5.41, 5.74) is 1.39. The summed E-state index contributed by atoms with van der Waals surface area (Å²) in [6.07, 6.45) is 2.30. The highest BCUT2D eigenvalue weighted by atomic mass is 14.9. The highest BCUT2D eigenvalue weighted by Crippen LogP contribution is 2.19. The van der Waals surface area contributed by atoms with Crippen LogP contribution in [0.4, 0.5) is 0 Å². The Morgan fingerprint density at radius 3 is 2.13 bits per heavy atom. The first-order chi connectivity index (χ1) is 6.97. The summed E-state index contributed by atoms with van der Waals surface area (Å²) < 4.78 is 0. The van der Waals surface area contributed by atoms with Gasteiger partial charge in [-0.05, 0) is 43.7 Å². The van der Waals surface area contributed by atoms with E-state index in [0.717, 1.165) is 37.3 Å². The number of hydrogen-bond donors (Lipinski definition) is 1. The van der Waals surface area contributed by atoms with Crippen LogP contribution < -0.4 is 5.32 Å². The van der Waals surface area contributed by atoms with Gasteiger partial charge in [-0.1, -0.05) is 46.8 Å².